The molecule has 0 amide bonds. The first-order valence-corrected chi connectivity index (χ1v) is 6.89. The van der Waals surface area contributed by atoms with Crippen molar-refractivity contribution in [3.8, 4) is 0 Å². The van der Waals surface area contributed by atoms with Crippen molar-refractivity contribution in [3.63, 3.8) is 0 Å². The van der Waals surface area contributed by atoms with Crippen LogP contribution in [0.15, 0.2) is 29.6 Å². The van der Waals surface area contributed by atoms with E-state index in [1.165, 1.54) is 11.1 Å². The highest BCUT2D eigenvalue weighted by Gasteiger charge is 1.98. The Labute approximate surface area is 107 Å². The van der Waals surface area contributed by atoms with Crippen molar-refractivity contribution in [1.82, 2.24) is 4.98 Å². The first-order valence-electron chi connectivity index (χ1n) is 6.01. The van der Waals surface area contributed by atoms with E-state index >= 15 is 0 Å². The largest absolute Gasteiger partial charge is 0.361 e. The molecule has 90 valence electrons. The SMILES string of the molecule is CCc1ccc(CCNc2nc(C)cs2)cc1. The molecule has 17 heavy (non-hydrogen) atoms. The third kappa shape index (κ3) is 3.56. The van der Waals surface area contributed by atoms with E-state index in [1.807, 2.05) is 6.92 Å². The van der Waals surface area contributed by atoms with Gasteiger partial charge in [-0.25, -0.2) is 4.98 Å². The van der Waals surface area contributed by atoms with Crippen LogP contribution in [0.2, 0.25) is 0 Å². The molecule has 0 unspecified atom stereocenters. The molecule has 0 aliphatic carbocycles. The second-order valence-electron chi connectivity index (χ2n) is 4.14. The van der Waals surface area contributed by atoms with Gasteiger partial charge in [0.15, 0.2) is 5.13 Å². The fourth-order valence-electron chi connectivity index (χ4n) is 1.69. The maximum atomic E-state index is 4.38. The van der Waals surface area contributed by atoms with E-state index in [0.717, 1.165) is 30.2 Å². The number of benzene rings is 1. The van der Waals surface area contributed by atoms with Crippen molar-refractivity contribution < 1.29 is 0 Å². The monoisotopic (exact) mass is 246 g/mol. The summed E-state index contributed by atoms with van der Waals surface area (Å²) in [7, 11) is 0. The van der Waals surface area contributed by atoms with Crippen molar-refractivity contribution in [2.45, 2.75) is 26.7 Å². The lowest BCUT2D eigenvalue weighted by Gasteiger charge is -2.04. The molecule has 0 saturated heterocycles. The summed E-state index contributed by atoms with van der Waals surface area (Å²) in [5.74, 6) is 0. The normalized spacial score (nSPS) is 10.5. The van der Waals surface area contributed by atoms with Gasteiger partial charge in [0.05, 0.1) is 5.69 Å². The van der Waals surface area contributed by atoms with Crippen LogP contribution in [0, 0.1) is 6.92 Å². The third-order valence-electron chi connectivity index (χ3n) is 2.74. The standard InChI is InChI=1S/C14H18N2S/c1-3-12-4-6-13(7-5-12)8-9-15-14-16-11(2)10-17-14/h4-7,10H,3,8-9H2,1-2H3,(H,15,16). The first kappa shape index (κ1) is 12.1. The molecule has 0 radical (unpaired) electrons. The predicted octanol–water partition coefficient (Wildman–Crippen LogP) is 3.67. The molecule has 0 atom stereocenters. The van der Waals surface area contributed by atoms with E-state index in [2.05, 4.69) is 46.9 Å². The second kappa shape index (κ2) is 5.82. The van der Waals surface area contributed by atoms with Crippen LogP contribution in [-0.2, 0) is 12.8 Å². The average molecular weight is 246 g/mol. The highest BCUT2D eigenvalue weighted by Crippen LogP contribution is 2.14. The maximum absolute atomic E-state index is 4.38. The average Bonchev–Trinajstić information content (AvgIpc) is 2.76. The number of thiazole rings is 1. The molecule has 1 aromatic carbocycles. The molecule has 3 heteroatoms. The zero-order valence-electron chi connectivity index (χ0n) is 10.4. The maximum Gasteiger partial charge on any atom is 0.182 e. The fraction of sp³-hybridized carbons (Fsp3) is 0.357. The second-order valence-corrected chi connectivity index (χ2v) is 5.00. The number of aromatic nitrogens is 1. The lowest BCUT2D eigenvalue weighted by atomic mass is 10.1. The summed E-state index contributed by atoms with van der Waals surface area (Å²) < 4.78 is 0. The molecule has 1 heterocycles. The van der Waals surface area contributed by atoms with Gasteiger partial charge in [-0.2, -0.15) is 0 Å². The van der Waals surface area contributed by atoms with E-state index in [-0.39, 0.29) is 0 Å². The summed E-state index contributed by atoms with van der Waals surface area (Å²) in [6, 6.07) is 8.85. The van der Waals surface area contributed by atoms with Gasteiger partial charge in [0, 0.05) is 11.9 Å². The Kier molecular flexibility index (Phi) is 4.15. The van der Waals surface area contributed by atoms with Gasteiger partial charge in [-0.3, -0.25) is 0 Å². The van der Waals surface area contributed by atoms with Crippen LogP contribution in [0.25, 0.3) is 0 Å². The molecule has 2 rings (SSSR count). The van der Waals surface area contributed by atoms with E-state index < -0.39 is 0 Å². The Morgan fingerprint density at radius 1 is 1.18 bits per heavy atom. The quantitative estimate of drug-likeness (QED) is 0.870. The van der Waals surface area contributed by atoms with Gasteiger partial charge in [-0.15, -0.1) is 11.3 Å². The van der Waals surface area contributed by atoms with Gasteiger partial charge >= 0.3 is 0 Å². The topological polar surface area (TPSA) is 24.9 Å². The number of hydrogen-bond acceptors (Lipinski definition) is 3. The molecule has 1 aromatic heterocycles. The summed E-state index contributed by atoms with van der Waals surface area (Å²) in [5.41, 5.74) is 3.87. The molecule has 0 aliphatic rings. The highest BCUT2D eigenvalue weighted by atomic mass is 32.1. The van der Waals surface area contributed by atoms with Crippen molar-refractivity contribution in [3.05, 3.63) is 46.5 Å². The molecule has 0 fully saturated rings. The van der Waals surface area contributed by atoms with E-state index in [1.54, 1.807) is 11.3 Å². The van der Waals surface area contributed by atoms with Gasteiger partial charge in [0.2, 0.25) is 0 Å². The Hall–Kier alpha value is -1.35. The smallest absolute Gasteiger partial charge is 0.182 e. The molecule has 0 saturated carbocycles. The number of nitrogens with one attached hydrogen (secondary N) is 1. The summed E-state index contributed by atoms with van der Waals surface area (Å²) in [6.07, 6.45) is 2.15. The van der Waals surface area contributed by atoms with E-state index in [0.29, 0.717) is 0 Å². The van der Waals surface area contributed by atoms with Gasteiger partial charge < -0.3 is 5.32 Å². The van der Waals surface area contributed by atoms with Gasteiger partial charge in [0.1, 0.15) is 0 Å². The molecule has 0 aliphatic heterocycles. The number of aryl methyl sites for hydroxylation is 2. The Bertz CT molecular complexity index is 459. The Balaban J connectivity index is 1.81. The highest BCUT2D eigenvalue weighted by molar-refractivity contribution is 7.13. The third-order valence-corrected chi connectivity index (χ3v) is 3.66. The summed E-state index contributed by atoms with van der Waals surface area (Å²) in [6.45, 7) is 5.14. The zero-order chi connectivity index (χ0) is 12.1. The van der Waals surface area contributed by atoms with Gasteiger partial charge in [-0.05, 0) is 30.9 Å². The fourth-order valence-corrected chi connectivity index (χ4v) is 2.41. The lowest BCUT2D eigenvalue weighted by molar-refractivity contribution is 1.01. The summed E-state index contributed by atoms with van der Waals surface area (Å²) >= 11 is 1.67. The molecule has 0 spiro atoms. The van der Waals surface area contributed by atoms with Crippen LogP contribution in [0.3, 0.4) is 0 Å². The number of hydrogen-bond donors (Lipinski definition) is 1. The number of rotatable bonds is 5. The predicted molar refractivity (Wildman–Crippen MR) is 74.9 cm³/mol. The van der Waals surface area contributed by atoms with Crippen LogP contribution < -0.4 is 5.32 Å². The van der Waals surface area contributed by atoms with Gasteiger partial charge in [0.25, 0.3) is 0 Å². The van der Waals surface area contributed by atoms with E-state index in [4.69, 9.17) is 0 Å². The van der Waals surface area contributed by atoms with Crippen LogP contribution in [0.5, 0.6) is 0 Å². The summed E-state index contributed by atoms with van der Waals surface area (Å²) in [4.78, 5) is 4.38. The van der Waals surface area contributed by atoms with Crippen molar-refractivity contribution >= 4 is 16.5 Å². The molecular weight excluding hydrogens is 228 g/mol. The van der Waals surface area contributed by atoms with Crippen LogP contribution in [0.4, 0.5) is 5.13 Å². The number of nitrogens with zero attached hydrogens (tertiary/aromatic N) is 1. The van der Waals surface area contributed by atoms with Crippen LogP contribution in [-0.4, -0.2) is 11.5 Å². The van der Waals surface area contributed by atoms with Crippen molar-refractivity contribution in [1.29, 1.82) is 0 Å². The number of anilines is 1. The summed E-state index contributed by atoms with van der Waals surface area (Å²) in [5, 5.41) is 6.44. The molecular formula is C14H18N2S. The molecule has 2 aromatic rings. The van der Waals surface area contributed by atoms with Crippen LogP contribution in [0.1, 0.15) is 23.7 Å². The van der Waals surface area contributed by atoms with Crippen molar-refractivity contribution in [2.75, 3.05) is 11.9 Å². The Morgan fingerprint density at radius 2 is 1.88 bits per heavy atom. The van der Waals surface area contributed by atoms with Crippen molar-refractivity contribution in [2.24, 2.45) is 0 Å². The van der Waals surface area contributed by atoms with E-state index in [9.17, 15) is 0 Å². The minimum Gasteiger partial charge on any atom is -0.361 e. The lowest BCUT2D eigenvalue weighted by Crippen LogP contribution is -2.04. The molecule has 0 bridgehead atoms. The Morgan fingerprint density at radius 3 is 2.47 bits per heavy atom. The minimum absolute atomic E-state index is 0.943. The minimum atomic E-state index is 0.943. The van der Waals surface area contributed by atoms with Crippen LogP contribution >= 0.6 is 11.3 Å². The first-order chi connectivity index (χ1) is 8.28. The molecule has 1 N–H and O–H groups in total. The zero-order valence-corrected chi connectivity index (χ0v) is 11.2. The molecule has 2 nitrogen and oxygen atoms in total. The van der Waals surface area contributed by atoms with Gasteiger partial charge in [-0.1, -0.05) is 31.2 Å².